The number of carboxylic acids is 1. The van der Waals surface area contributed by atoms with Crippen molar-refractivity contribution in [1.82, 2.24) is 0 Å². The maximum atomic E-state index is 11.2. The van der Waals surface area contributed by atoms with Crippen LogP contribution in [0.4, 0.5) is 17.1 Å². The van der Waals surface area contributed by atoms with Crippen molar-refractivity contribution in [2.45, 2.75) is 6.92 Å². The molecule has 0 spiro atoms. The number of halogens is 1. The van der Waals surface area contributed by atoms with Gasteiger partial charge in [-0.1, -0.05) is 17.7 Å². The zero-order chi connectivity index (χ0) is 14.0. The molecule has 0 saturated heterocycles. The Morgan fingerprint density at radius 2 is 1.89 bits per heavy atom. The molecule has 0 unspecified atom stereocenters. The molecule has 5 heteroatoms. The van der Waals surface area contributed by atoms with E-state index in [1.54, 1.807) is 18.2 Å². The van der Waals surface area contributed by atoms with Gasteiger partial charge in [0.2, 0.25) is 0 Å². The van der Waals surface area contributed by atoms with Gasteiger partial charge in [0.1, 0.15) is 0 Å². The predicted molar refractivity (Wildman–Crippen MR) is 77.3 cm³/mol. The molecule has 2 rings (SSSR count). The van der Waals surface area contributed by atoms with E-state index in [0.717, 1.165) is 5.56 Å². The minimum absolute atomic E-state index is 0.108. The number of nitrogen functional groups attached to an aromatic ring is 1. The van der Waals surface area contributed by atoms with E-state index in [9.17, 15) is 4.79 Å². The highest BCUT2D eigenvalue weighted by Crippen LogP contribution is 2.29. The van der Waals surface area contributed by atoms with Crippen molar-refractivity contribution < 1.29 is 9.90 Å². The predicted octanol–water partition coefficient (Wildman–Crippen LogP) is 3.67. The molecule has 0 bridgehead atoms. The number of hydrogen-bond donors (Lipinski definition) is 3. The molecule has 0 aliphatic rings. The third-order valence-corrected chi connectivity index (χ3v) is 2.98. The lowest BCUT2D eigenvalue weighted by atomic mass is 10.1. The van der Waals surface area contributed by atoms with E-state index in [0.29, 0.717) is 22.1 Å². The Morgan fingerprint density at radius 1 is 1.21 bits per heavy atom. The van der Waals surface area contributed by atoms with E-state index in [2.05, 4.69) is 5.32 Å². The highest BCUT2D eigenvalue weighted by molar-refractivity contribution is 6.33. The molecule has 0 radical (unpaired) electrons. The SMILES string of the molecule is Cc1ccc(Nc2ccc(N)cc2C(=O)O)c(Cl)c1. The second-order valence-corrected chi connectivity index (χ2v) is 4.63. The molecule has 0 atom stereocenters. The van der Waals surface area contributed by atoms with E-state index in [1.165, 1.54) is 6.07 Å². The number of nitrogens with two attached hydrogens (primary N) is 1. The number of aryl methyl sites for hydroxylation is 1. The van der Waals surface area contributed by atoms with Crippen LogP contribution in [-0.4, -0.2) is 11.1 Å². The molecular weight excluding hydrogens is 264 g/mol. The summed E-state index contributed by atoms with van der Waals surface area (Å²) >= 11 is 6.11. The van der Waals surface area contributed by atoms with Gasteiger partial charge in [-0.25, -0.2) is 4.79 Å². The fourth-order valence-electron chi connectivity index (χ4n) is 1.71. The van der Waals surface area contributed by atoms with Crippen molar-refractivity contribution >= 4 is 34.6 Å². The first-order valence-corrected chi connectivity index (χ1v) is 6.01. The Morgan fingerprint density at radius 3 is 2.53 bits per heavy atom. The summed E-state index contributed by atoms with van der Waals surface area (Å²) < 4.78 is 0. The minimum atomic E-state index is -1.04. The van der Waals surface area contributed by atoms with Gasteiger partial charge in [-0.05, 0) is 42.8 Å². The average Bonchev–Trinajstić information content (AvgIpc) is 2.34. The van der Waals surface area contributed by atoms with Gasteiger partial charge in [0, 0.05) is 5.69 Å². The first kappa shape index (κ1) is 13.2. The molecular formula is C14H13ClN2O2. The van der Waals surface area contributed by atoms with Gasteiger partial charge < -0.3 is 16.2 Å². The van der Waals surface area contributed by atoms with Crippen molar-refractivity contribution in [2.24, 2.45) is 0 Å². The van der Waals surface area contributed by atoms with Gasteiger partial charge in [0.15, 0.2) is 0 Å². The summed E-state index contributed by atoms with van der Waals surface area (Å²) in [5.41, 5.74) is 8.24. The number of rotatable bonds is 3. The van der Waals surface area contributed by atoms with Crippen LogP contribution in [0.3, 0.4) is 0 Å². The molecule has 0 aromatic heterocycles. The Bertz CT molecular complexity index is 641. The fourth-order valence-corrected chi connectivity index (χ4v) is 2.00. The van der Waals surface area contributed by atoms with Crippen LogP contribution < -0.4 is 11.1 Å². The standard InChI is InChI=1S/C14H13ClN2O2/c1-8-2-4-13(11(15)6-8)17-12-5-3-9(16)7-10(12)14(18)19/h2-7,17H,16H2,1H3,(H,18,19). The summed E-state index contributed by atoms with van der Waals surface area (Å²) in [6, 6.07) is 10.2. The van der Waals surface area contributed by atoms with Crippen LogP contribution in [0.5, 0.6) is 0 Å². The number of carbonyl (C=O) groups is 1. The number of aromatic carboxylic acids is 1. The summed E-state index contributed by atoms with van der Waals surface area (Å²) in [6.45, 7) is 1.93. The number of hydrogen-bond acceptors (Lipinski definition) is 3. The Kier molecular flexibility index (Phi) is 3.62. The van der Waals surface area contributed by atoms with Crippen molar-refractivity contribution in [3.63, 3.8) is 0 Å². The first-order valence-electron chi connectivity index (χ1n) is 5.63. The van der Waals surface area contributed by atoms with E-state index in [4.69, 9.17) is 22.4 Å². The molecule has 0 amide bonds. The quantitative estimate of drug-likeness (QED) is 0.748. The number of nitrogens with one attached hydrogen (secondary N) is 1. The molecule has 0 aliphatic carbocycles. The van der Waals surface area contributed by atoms with Gasteiger partial charge in [-0.3, -0.25) is 0 Å². The number of benzene rings is 2. The smallest absolute Gasteiger partial charge is 0.337 e. The normalized spacial score (nSPS) is 10.2. The molecule has 0 saturated carbocycles. The highest BCUT2D eigenvalue weighted by Gasteiger charge is 2.11. The zero-order valence-electron chi connectivity index (χ0n) is 10.3. The largest absolute Gasteiger partial charge is 0.478 e. The molecule has 0 heterocycles. The maximum Gasteiger partial charge on any atom is 0.337 e. The molecule has 2 aromatic carbocycles. The molecule has 0 aliphatic heterocycles. The topological polar surface area (TPSA) is 75.3 Å². The van der Waals surface area contributed by atoms with Crippen molar-refractivity contribution in [3.05, 3.63) is 52.5 Å². The highest BCUT2D eigenvalue weighted by atomic mass is 35.5. The summed E-state index contributed by atoms with van der Waals surface area (Å²) in [7, 11) is 0. The van der Waals surface area contributed by atoms with Crippen LogP contribution in [-0.2, 0) is 0 Å². The van der Waals surface area contributed by atoms with E-state index < -0.39 is 5.97 Å². The van der Waals surface area contributed by atoms with Crippen molar-refractivity contribution in [3.8, 4) is 0 Å². The molecule has 4 N–H and O–H groups in total. The Hall–Kier alpha value is -2.20. The lowest BCUT2D eigenvalue weighted by Crippen LogP contribution is -2.04. The first-order chi connectivity index (χ1) is 8.97. The second-order valence-electron chi connectivity index (χ2n) is 4.22. The summed E-state index contributed by atoms with van der Waals surface area (Å²) in [4.78, 5) is 11.2. The van der Waals surface area contributed by atoms with E-state index in [1.807, 2.05) is 19.1 Å². The van der Waals surface area contributed by atoms with Crippen LogP contribution in [0.15, 0.2) is 36.4 Å². The van der Waals surface area contributed by atoms with Gasteiger partial charge >= 0.3 is 5.97 Å². The minimum Gasteiger partial charge on any atom is -0.478 e. The summed E-state index contributed by atoms with van der Waals surface area (Å²) in [5, 5.41) is 12.7. The lowest BCUT2D eigenvalue weighted by molar-refractivity contribution is 0.0698. The van der Waals surface area contributed by atoms with Crippen LogP contribution in [0.1, 0.15) is 15.9 Å². The van der Waals surface area contributed by atoms with Crippen LogP contribution in [0.25, 0.3) is 0 Å². The third kappa shape index (κ3) is 2.98. The van der Waals surface area contributed by atoms with Gasteiger partial charge in [0.05, 0.1) is 22.0 Å². The molecule has 0 fully saturated rings. The monoisotopic (exact) mass is 276 g/mol. The van der Waals surface area contributed by atoms with Gasteiger partial charge in [-0.2, -0.15) is 0 Å². The summed E-state index contributed by atoms with van der Waals surface area (Å²) in [6.07, 6.45) is 0. The number of anilines is 3. The summed E-state index contributed by atoms with van der Waals surface area (Å²) in [5.74, 6) is -1.04. The maximum absolute atomic E-state index is 11.2. The van der Waals surface area contributed by atoms with Crippen LogP contribution in [0.2, 0.25) is 5.02 Å². The van der Waals surface area contributed by atoms with Crippen molar-refractivity contribution in [1.29, 1.82) is 0 Å². The van der Waals surface area contributed by atoms with Crippen LogP contribution in [0, 0.1) is 6.92 Å². The Balaban J connectivity index is 2.40. The second kappa shape index (κ2) is 5.20. The fraction of sp³-hybridized carbons (Fsp3) is 0.0714. The van der Waals surface area contributed by atoms with Gasteiger partial charge in [-0.15, -0.1) is 0 Å². The van der Waals surface area contributed by atoms with Crippen molar-refractivity contribution in [2.75, 3.05) is 11.1 Å². The zero-order valence-corrected chi connectivity index (χ0v) is 11.0. The van der Waals surface area contributed by atoms with Crippen LogP contribution >= 0.6 is 11.6 Å². The van der Waals surface area contributed by atoms with Gasteiger partial charge in [0.25, 0.3) is 0 Å². The average molecular weight is 277 g/mol. The molecule has 98 valence electrons. The third-order valence-electron chi connectivity index (χ3n) is 2.67. The molecule has 2 aromatic rings. The van der Waals surface area contributed by atoms with E-state index >= 15 is 0 Å². The molecule has 4 nitrogen and oxygen atoms in total. The number of carboxylic acid groups (broad SMARTS) is 1. The van der Waals surface area contributed by atoms with E-state index in [-0.39, 0.29) is 5.56 Å². The Labute approximate surface area is 115 Å². The molecule has 19 heavy (non-hydrogen) atoms. The lowest BCUT2D eigenvalue weighted by Gasteiger charge is -2.12.